The molecule has 0 saturated carbocycles. The van der Waals surface area contributed by atoms with Gasteiger partial charge in [-0.25, -0.2) is 0 Å². The number of benzene rings is 2. The van der Waals surface area contributed by atoms with E-state index in [0.29, 0.717) is 5.56 Å². The SMILES string of the molecule is O=C(O)Cc1cccc(C(=O)c2ccccc2)c1[N+](=O)[O-]. The number of nitrogens with zero attached hydrogens (tertiary/aromatic N) is 1. The number of carboxylic acid groups (broad SMARTS) is 1. The van der Waals surface area contributed by atoms with Crippen LogP contribution in [0.15, 0.2) is 48.5 Å². The largest absolute Gasteiger partial charge is 0.481 e. The molecule has 0 spiro atoms. The summed E-state index contributed by atoms with van der Waals surface area (Å²) in [7, 11) is 0. The Balaban J connectivity index is 2.56. The Labute approximate surface area is 119 Å². The molecule has 0 radical (unpaired) electrons. The first kappa shape index (κ1) is 14.4. The second kappa shape index (κ2) is 5.96. The summed E-state index contributed by atoms with van der Waals surface area (Å²) >= 11 is 0. The summed E-state index contributed by atoms with van der Waals surface area (Å²) in [5.41, 5.74) is -0.235. The molecule has 2 aromatic rings. The Morgan fingerprint density at radius 2 is 1.71 bits per heavy atom. The number of nitro groups is 1. The summed E-state index contributed by atoms with van der Waals surface area (Å²) in [4.78, 5) is 33.7. The molecule has 21 heavy (non-hydrogen) atoms. The van der Waals surface area contributed by atoms with Gasteiger partial charge >= 0.3 is 5.97 Å². The molecule has 0 aliphatic heterocycles. The molecule has 1 N–H and O–H groups in total. The van der Waals surface area contributed by atoms with Crippen LogP contribution in [0, 0.1) is 10.1 Å². The standard InChI is InChI=1S/C15H11NO5/c17-13(18)9-11-7-4-8-12(14(11)16(20)21)15(19)10-5-2-1-3-6-10/h1-8H,9H2,(H,17,18). The van der Waals surface area contributed by atoms with E-state index in [9.17, 15) is 19.7 Å². The van der Waals surface area contributed by atoms with Crippen LogP contribution in [0.2, 0.25) is 0 Å². The number of hydrogen-bond donors (Lipinski definition) is 1. The number of hydrogen-bond acceptors (Lipinski definition) is 4. The Bertz CT molecular complexity index is 709. The van der Waals surface area contributed by atoms with Gasteiger partial charge in [0.2, 0.25) is 0 Å². The van der Waals surface area contributed by atoms with Gasteiger partial charge in [-0.3, -0.25) is 19.7 Å². The van der Waals surface area contributed by atoms with Gasteiger partial charge in [0, 0.05) is 11.1 Å². The maximum absolute atomic E-state index is 12.4. The fourth-order valence-corrected chi connectivity index (χ4v) is 2.04. The molecule has 0 unspecified atom stereocenters. The Kier molecular flexibility index (Phi) is 4.08. The van der Waals surface area contributed by atoms with Crippen molar-refractivity contribution in [3.63, 3.8) is 0 Å². The minimum Gasteiger partial charge on any atom is -0.481 e. The monoisotopic (exact) mass is 285 g/mol. The van der Waals surface area contributed by atoms with E-state index in [1.807, 2.05) is 0 Å². The van der Waals surface area contributed by atoms with Crippen molar-refractivity contribution in [2.45, 2.75) is 6.42 Å². The molecule has 6 nitrogen and oxygen atoms in total. The van der Waals surface area contributed by atoms with Gasteiger partial charge in [-0.2, -0.15) is 0 Å². The average Bonchev–Trinajstić information content (AvgIpc) is 2.46. The molecule has 0 bridgehead atoms. The first-order valence-electron chi connectivity index (χ1n) is 6.08. The van der Waals surface area contributed by atoms with E-state index in [1.54, 1.807) is 30.3 Å². The maximum Gasteiger partial charge on any atom is 0.308 e. The number of para-hydroxylation sites is 1. The van der Waals surface area contributed by atoms with E-state index < -0.39 is 28.8 Å². The number of ketones is 1. The van der Waals surface area contributed by atoms with Gasteiger partial charge in [-0.05, 0) is 6.07 Å². The zero-order chi connectivity index (χ0) is 15.4. The lowest BCUT2D eigenvalue weighted by Gasteiger charge is -2.06. The Morgan fingerprint density at radius 3 is 2.29 bits per heavy atom. The highest BCUT2D eigenvalue weighted by molar-refractivity contribution is 6.11. The highest BCUT2D eigenvalue weighted by atomic mass is 16.6. The predicted molar refractivity (Wildman–Crippen MR) is 74.3 cm³/mol. The lowest BCUT2D eigenvalue weighted by Crippen LogP contribution is -2.10. The first-order chi connectivity index (χ1) is 10.0. The lowest BCUT2D eigenvalue weighted by atomic mass is 9.97. The molecule has 0 atom stereocenters. The number of nitro benzene ring substituents is 1. The highest BCUT2D eigenvalue weighted by Gasteiger charge is 2.25. The molecule has 0 aliphatic carbocycles. The number of carboxylic acids is 1. The van der Waals surface area contributed by atoms with Gasteiger partial charge < -0.3 is 5.11 Å². The molecule has 6 heteroatoms. The van der Waals surface area contributed by atoms with Crippen LogP contribution in [-0.2, 0) is 11.2 Å². The van der Waals surface area contributed by atoms with Gasteiger partial charge in [-0.1, -0.05) is 42.5 Å². The molecular formula is C15H11NO5. The highest BCUT2D eigenvalue weighted by Crippen LogP contribution is 2.26. The van der Waals surface area contributed by atoms with E-state index in [4.69, 9.17) is 5.11 Å². The molecule has 106 valence electrons. The Morgan fingerprint density at radius 1 is 1.05 bits per heavy atom. The smallest absolute Gasteiger partial charge is 0.308 e. The lowest BCUT2D eigenvalue weighted by molar-refractivity contribution is -0.385. The van der Waals surface area contributed by atoms with Gasteiger partial charge in [0.15, 0.2) is 5.78 Å². The van der Waals surface area contributed by atoms with Crippen molar-refractivity contribution >= 4 is 17.4 Å². The van der Waals surface area contributed by atoms with E-state index in [0.717, 1.165) is 0 Å². The summed E-state index contributed by atoms with van der Waals surface area (Å²) in [6, 6.07) is 12.3. The molecule has 0 aromatic heterocycles. The third-order valence-electron chi connectivity index (χ3n) is 2.92. The van der Waals surface area contributed by atoms with Gasteiger partial charge in [0.25, 0.3) is 5.69 Å². The molecule has 2 rings (SSSR count). The van der Waals surface area contributed by atoms with Crippen molar-refractivity contribution < 1.29 is 19.6 Å². The maximum atomic E-state index is 12.4. The number of carbonyl (C=O) groups is 2. The van der Waals surface area contributed by atoms with Crippen LogP contribution in [0.4, 0.5) is 5.69 Å². The van der Waals surface area contributed by atoms with Crippen molar-refractivity contribution in [1.29, 1.82) is 0 Å². The first-order valence-corrected chi connectivity index (χ1v) is 6.08. The summed E-state index contributed by atoms with van der Waals surface area (Å²) in [5, 5.41) is 20.0. The van der Waals surface area contributed by atoms with E-state index in [-0.39, 0.29) is 11.1 Å². The predicted octanol–water partition coefficient (Wildman–Crippen LogP) is 2.45. The number of rotatable bonds is 5. The van der Waals surface area contributed by atoms with Gasteiger partial charge in [0.1, 0.15) is 5.56 Å². The molecule has 2 aromatic carbocycles. The van der Waals surface area contributed by atoms with E-state index in [1.165, 1.54) is 18.2 Å². The Hall–Kier alpha value is -3.02. The molecular weight excluding hydrogens is 274 g/mol. The molecule has 0 fully saturated rings. The second-order valence-corrected chi connectivity index (χ2v) is 4.34. The molecule has 0 amide bonds. The minimum atomic E-state index is -1.19. The van der Waals surface area contributed by atoms with Gasteiger partial charge in [-0.15, -0.1) is 0 Å². The van der Waals surface area contributed by atoms with Crippen LogP contribution >= 0.6 is 0 Å². The quantitative estimate of drug-likeness (QED) is 0.517. The van der Waals surface area contributed by atoms with E-state index >= 15 is 0 Å². The van der Waals surface area contributed by atoms with Gasteiger partial charge in [0.05, 0.1) is 11.3 Å². The third-order valence-corrected chi connectivity index (χ3v) is 2.92. The van der Waals surface area contributed by atoms with Crippen LogP contribution < -0.4 is 0 Å². The van der Waals surface area contributed by atoms with E-state index in [2.05, 4.69) is 0 Å². The van der Waals surface area contributed by atoms with Crippen molar-refractivity contribution in [3.8, 4) is 0 Å². The minimum absolute atomic E-state index is 0.00859. The molecule has 0 saturated heterocycles. The number of carbonyl (C=O) groups excluding carboxylic acids is 1. The summed E-state index contributed by atoms with van der Waals surface area (Å²) in [6.07, 6.45) is -0.508. The third kappa shape index (κ3) is 3.11. The zero-order valence-electron chi connectivity index (χ0n) is 10.9. The topological polar surface area (TPSA) is 97.5 Å². The summed E-state index contributed by atoms with van der Waals surface area (Å²) in [5.74, 6) is -1.70. The van der Waals surface area contributed by atoms with Crippen molar-refractivity contribution in [2.24, 2.45) is 0 Å². The zero-order valence-corrected chi connectivity index (χ0v) is 10.9. The summed E-state index contributed by atoms with van der Waals surface area (Å²) in [6.45, 7) is 0. The average molecular weight is 285 g/mol. The van der Waals surface area contributed by atoms with Crippen LogP contribution in [-0.4, -0.2) is 21.8 Å². The van der Waals surface area contributed by atoms with Crippen LogP contribution in [0.5, 0.6) is 0 Å². The summed E-state index contributed by atoms with van der Waals surface area (Å²) < 4.78 is 0. The van der Waals surface area contributed by atoms with Crippen molar-refractivity contribution in [1.82, 2.24) is 0 Å². The number of aliphatic carboxylic acids is 1. The second-order valence-electron chi connectivity index (χ2n) is 4.34. The van der Waals surface area contributed by atoms with Crippen molar-refractivity contribution in [2.75, 3.05) is 0 Å². The van der Waals surface area contributed by atoms with Crippen LogP contribution in [0.3, 0.4) is 0 Å². The fourth-order valence-electron chi connectivity index (χ4n) is 2.04. The van der Waals surface area contributed by atoms with Crippen molar-refractivity contribution in [3.05, 3.63) is 75.3 Å². The van der Waals surface area contributed by atoms with Crippen LogP contribution in [0.1, 0.15) is 21.5 Å². The fraction of sp³-hybridized carbons (Fsp3) is 0.0667. The molecule has 0 aliphatic rings. The van der Waals surface area contributed by atoms with Crippen LogP contribution in [0.25, 0.3) is 0 Å². The normalized spacial score (nSPS) is 10.1. The molecule has 0 heterocycles.